The van der Waals surface area contributed by atoms with Gasteiger partial charge >= 0.3 is 0 Å². The molecule has 7 heteroatoms. The van der Waals surface area contributed by atoms with E-state index in [-0.39, 0.29) is 35.3 Å². The van der Waals surface area contributed by atoms with Crippen LogP contribution in [-0.4, -0.2) is 34.0 Å². The number of halogens is 1. The molecule has 1 fully saturated rings. The minimum absolute atomic E-state index is 0.0949. The number of aryl methyl sites for hydroxylation is 1. The molecule has 0 saturated heterocycles. The van der Waals surface area contributed by atoms with E-state index in [1.54, 1.807) is 17.9 Å². The lowest BCUT2D eigenvalue weighted by atomic mass is 9.75. The number of aliphatic hydroxyl groups excluding tert-OH is 1. The highest BCUT2D eigenvalue weighted by atomic mass is 19.1. The quantitative estimate of drug-likeness (QED) is 0.875. The Hall–Kier alpha value is -2.41. The van der Waals surface area contributed by atoms with E-state index in [9.17, 15) is 14.3 Å². The van der Waals surface area contributed by atoms with E-state index < -0.39 is 5.82 Å². The number of rotatable bonds is 5. The van der Waals surface area contributed by atoms with Gasteiger partial charge in [0.25, 0.3) is 5.91 Å². The van der Waals surface area contributed by atoms with Gasteiger partial charge in [-0.05, 0) is 37.0 Å². The molecule has 24 heavy (non-hydrogen) atoms. The maximum absolute atomic E-state index is 13.8. The Morgan fingerprint density at radius 1 is 1.50 bits per heavy atom. The van der Waals surface area contributed by atoms with Crippen molar-refractivity contribution in [1.29, 1.82) is 0 Å². The first kappa shape index (κ1) is 16.4. The highest BCUT2D eigenvalue weighted by Gasteiger charge is 2.36. The highest BCUT2D eigenvalue weighted by Crippen LogP contribution is 2.38. The molecule has 2 aromatic rings. The Bertz CT molecular complexity index is 740. The summed E-state index contributed by atoms with van der Waals surface area (Å²) in [5.41, 5.74) is 1.10. The molecule has 1 amide bonds. The van der Waals surface area contributed by atoms with Crippen LogP contribution in [0, 0.1) is 11.7 Å². The van der Waals surface area contributed by atoms with Crippen molar-refractivity contribution >= 4 is 5.91 Å². The third kappa shape index (κ3) is 3.26. The van der Waals surface area contributed by atoms with Gasteiger partial charge in [0.15, 0.2) is 11.6 Å². The van der Waals surface area contributed by atoms with E-state index in [2.05, 4.69) is 10.4 Å². The van der Waals surface area contributed by atoms with Gasteiger partial charge in [0.1, 0.15) is 0 Å². The number of hydrogen-bond acceptors (Lipinski definition) is 4. The summed E-state index contributed by atoms with van der Waals surface area (Å²) in [6, 6.07) is 3.84. The molecule has 1 atom stereocenters. The molecule has 0 aliphatic heterocycles. The molecule has 0 unspecified atom stereocenters. The Labute approximate surface area is 139 Å². The van der Waals surface area contributed by atoms with Crippen LogP contribution in [0.2, 0.25) is 0 Å². The summed E-state index contributed by atoms with van der Waals surface area (Å²) in [7, 11) is 3.18. The second kappa shape index (κ2) is 6.60. The Kier molecular flexibility index (Phi) is 4.53. The summed E-state index contributed by atoms with van der Waals surface area (Å²) in [5.74, 6) is -0.720. The predicted molar refractivity (Wildman–Crippen MR) is 85.1 cm³/mol. The van der Waals surface area contributed by atoms with Crippen LogP contribution in [0.25, 0.3) is 0 Å². The zero-order valence-corrected chi connectivity index (χ0v) is 13.6. The first-order valence-corrected chi connectivity index (χ1v) is 7.79. The second-order valence-corrected chi connectivity index (χ2v) is 6.13. The lowest BCUT2D eigenvalue weighted by Gasteiger charge is -2.37. The Morgan fingerprint density at radius 3 is 2.79 bits per heavy atom. The van der Waals surface area contributed by atoms with Crippen LogP contribution in [0.5, 0.6) is 5.75 Å². The molecule has 1 aromatic heterocycles. The van der Waals surface area contributed by atoms with E-state index in [4.69, 9.17) is 4.74 Å². The normalized spacial score (nSPS) is 21.0. The summed E-state index contributed by atoms with van der Waals surface area (Å²) in [6.07, 6.45) is 4.45. The Balaban J connectivity index is 1.79. The van der Waals surface area contributed by atoms with Crippen LogP contribution < -0.4 is 10.1 Å². The minimum Gasteiger partial charge on any atom is -0.494 e. The fraction of sp³-hybridized carbons (Fsp3) is 0.412. The van der Waals surface area contributed by atoms with Gasteiger partial charge in [-0.1, -0.05) is 0 Å². The zero-order chi connectivity index (χ0) is 17.3. The molecule has 2 N–H and O–H groups in total. The summed E-state index contributed by atoms with van der Waals surface area (Å²) < 4.78 is 20.3. The number of methoxy groups -OCH3 is 1. The number of aliphatic hydroxyl groups is 1. The summed E-state index contributed by atoms with van der Waals surface area (Å²) >= 11 is 0. The molecule has 3 rings (SSSR count). The van der Waals surface area contributed by atoms with E-state index in [0.717, 1.165) is 11.6 Å². The molecule has 1 aromatic carbocycles. The molecule has 6 nitrogen and oxygen atoms in total. The molecule has 128 valence electrons. The highest BCUT2D eigenvalue weighted by molar-refractivity contribution is 5.94. The van der Waals surface area contributed by atoms with Crippen LogP contribution in [0.1, 0.15) is 34.8 Å². The van der Waals surface area contributed by atoms with Gasteiger partial charge in [0.2, 0.25) is 0 Å². The smallest absolute Gasteiger partial charge is 0.251 e. The predicted octanol–water partition coefficient (Wildman–Crippen LogP) is 1.81. The Morgan fingerprint density at radius 2 is 2.25 bits per heavy atom. The van der Waals surface area contributed by atoms with Gasteiger partial charge in [-0.3, -0.25) is 9.48 Å². The number of ether oxygens (including phenoxy) is 1. The monoisotopic (exact) mass is 333 g/mol. The molecule has 1 aliphatic carbocycles. The van der Waals surface area contributed by atoms with E-state index in [1.165, 1.54) is 19.2 Å². The maximum Gasteiger partial charge on any atom is 0.251 e. The van der Waals surface area contributed by atoms with Crippen molar-refractivity contribution in [3.05, 3.63) is 47.5 Å². The van der Waals surface area contributed by atoms with Crippen molar-refractivity contribution in [3.63, 3.8) is 0 Å². The lowest BCUT2D eigenvalue weighted by molar-refractivity contribution is 0.0235. The fourth-order valence-electron chi connectivity index (χ4n) is 3.01. The number of nitrogens with one attached hydrogen (secondary N) is 1. The largest absolute Gasteiger partial charge is 0.494 e. The molecular formula is C17H20FN3O3. The van der Waals surface area contributed by atoms with E-state index >= 15 is 0 Å². The van der Waals surface area contributed by atoms with Crippen molar-refractivity contribution in [2.24, 2.45) is 13.0 Å². The number of nitrogens with zero attached hydrogens (tertiary/aromatic N) is 2. The summed E-state index contributed by atoms with van der Waals surface area (Å²) in [4.78, 5) is 12.5. The molecular weight excluding hydrogens is 313 g/mol. The van der Waals surface area contributed by atoms with Crippen molar-refractivity contribution in [2.45, 2.75) is 25.0 Å². The number of aromatic nitrogens is 2. The topological polar surface area (TPSA) is 76.4 Å². The summed E-state index contributed by atoms with van der Waals surface area (Å²) in [5, 5.41) is 16.6. The van der Waals surface area contributed by atoms with Gasteiger partial charge in [-0.2, -0.15) is 5.10 Å². The number of benzene rings is 1. The van der Waals surface area contributed by atoms with Crippen molar-refractivity contribution in [3.8, 4) is 5.75 Å². The molecule has 1 aliphatic rings. The van der Waals surface area contributed by atoms with E-state index in [0.29, 0.717) is 12.8 Å². The number of amides is 1. The van der Waals surface area contributed by atoms with Crippen LogP contribution in [0.3, 0.4) is 0 Å². The SMILES string of the molecule is COc1ccc(C(=O)N[C@@H](c2cnn(C)c2)C2CC(O)C2)cc1F. The zero-order valence-electron chi connectivity index (χ0n) is 13.6. The maximum atomic E-state index is 13.8. The molecule has 0 radical (unpaired) electrons. The number of carbonyl (C=O) groups excluding carboxylic acids is 1. The average Bonchev–Trinajstić information content (AvgIpc) is 2.96. The van der Waals surface area contributed by atoms with Gasteiger partial charge in [0, 0.05) is 24.4 Å². The number of carbonyl (C=O) groups is 1. The van der Waals surface area contributed by atoms with Gasteiger partial charge < -0.3 is 15.2 Å². The first-order chi connectivity index (χ1) is 11.5. The van der Waals surface area contributed by atoms with Crippen LogP contribution in [-0.2, 0) is 7.05 Å². The van der Waals surface area contributed by atoms with Crippen molar-refractivity contribution in [1.82, 2.24) is 15.1 Å². The van der Waals surface area contributed by atoms with Gasteiger partial charge in [-0.25, -0.2) is 4.39 Å². The van der Waals surface area contributed by atoms with Crippen molar-refractivity contribution in [2.75, 3.05) is 7.11 Å². The molecule has 0 spiro atoms. The molecule has 0 bridgehead atoms. The van der Waals surface area contributed by atoms with Gasteiger partial charge in [-0.15, -0.1) is 0 Å². The van der Waals surface area contributed by atoms with E-state index in [1.807, 2.05) is 6.20 Å². The second-order valence-electron chi connectivity index (χ2n) is 6.13. The number of hydrogen-bond donors (Lipinski definition) is 2. The summed E-state index contributed by atoms with van der Waals surface area (Å²) in [6.45, 7) is 0. The lowest BCUT2D eigenvalue weighted by Crippen LogP contribution is -2.41. The third-order valence-corrected chi connectivity index (χ3v) is 4.41. The minimum atomic E-state index is -0.581. The van der Waals surface area contributed by atoms with Crippen LogP contribution in [0.15, 0.2) is 30.6 Å². The standard InChI is InChI=1S/C17H20FN3O3/c1-21-9-12(8-19-21)16(11-5-13(22)6-11)20-17(23)10-3-4-15(24-2)14(18)7-10/h3-4,7-9,11,13,16,22H,5-6H2,1-2H3,(H,20,23)/t11?,13?,16-/m1/s1. The van der Waals surface area contributed by atoms with Crippen LogP contribution >= 0.6 is 0 Å². The van der Waals surface area contributed by atoms with Crippen LogP contribution in [0.4, 0.5) is 4.39 Å². The van der Waals surface area contributed by atoms with Crippen molar-refractivity contribution < 1.29 is 19.0 Å². The average molecular weight is 333 g/mol. The first-order valence-electron chi connectivity index (χ1n) is 7.79. The molecule has 1 heterocycles. The third-order valence-electron chi connectivity index (χ3n) is 4.41. The fourth-order valence-corrected chi connectivity index (χ4v) is 3.01. The van der Waals surface area contributed by atoms with Gasteiger partial charge in [0.05, 0.1) is 25.5 Å². The molecule has 1 saturated carbocycles.